The highest BCUT2D eigenvalue weighted by Crippen LogP contribution is 2.45. The maximum absolute atomic E-state index is 13.2. The van der Waals surface area contributed by atoms with Gasteiger partial charge in [-0.2, -0.15) is 0 Å². The Balaban J connectivity index is 1.98. The number of rotatable bonds is 6. The molecule has 2 aromatic rings. The van der Waals surface area contributed by atoms with E-state index in [1.807, 2.05) is 36.4 Å². The van der Waals surface area contributed by atoms with Crippen LogP contribution in [0.2, 0.25) is 0 Å². The van der Waals surface area contributed by atoms with Crippen molar-refractivity contribution in [1.82, 2.24) is 10.6 Å². The zero-order valence-corrected chi connectivity index (χ0v) is 19.1. The second kappa shape index (κ2) is 8.81. The van der Waals surface area contributed by atoms with E-state index in [0.29, 0.717) is 0 Å². The van der Waals surface area contributed by atoms with Crippen molar-refractivity contribution in [3.05, 3.63) is 66.2 Å². The minimum atomic E-state index is -0.360. The maximum atomic E-state index is 13.2. The first-order chi connectivity index (χ1) is 14.2. The summed E-state index contributed by atoms with van der Waals surface area (Å²) in [6.07, 6.45) is 3.70. The lowest BCUT2D eigenvalue weighted by Gasteiger charge is -2.59. The van der Waals surface area contributed by atoms with Crippen LogP contribution in [0, 0.1) is 5.92 Å². The summed E-state index contributed by atoms with van der Waals surface area (Å²) in [4.78, 5) is 13.2. The van der Waals surface area contributed by atoms with Gasteiger partial charge in [-0.25, -0.2) is 4.79 Å². The molecule has 2 amide bonds. The zero-order valence-electron chi connectivity index (χ0n) is 19.1. The Morgan fingerprint density at radius 1 is 1.00 bits per heavy atom. The molecular formula is C26H37N3O. The standard InChI is InChI=1S/C26H37N3O/c1-6-24(4)19-26(18-21-14-10-8-11-15-21,20(3)25(5,7-2)29-24)28-23(30)27-22-16-12-9-13-17-22/h8-17,20,29H,6-7,18-19H2,1-5H3,(H2,27,28,30). The van der Waals surface area contributed by atoms with Gasteiger partial charge in [-0.15, -0.1) is 0 Å². The number of nitrogens with one attached hydrogen (secondary N) is 3. The lowest BCUT2D eigenvalue weighted by molar-refractivity contribution is 0.00546. The first kappa shape index (κ1) is 22.4. The van der Waals surface area contributed by atoms with Crippen LogP contribution in [0.1, 0.15) is 59.4 Å². The molecule has 4 heteroatoms. The molecule has 2 aromatic carbocycles. The Morgan fingerprint density at radius 3 is 2.17 bits per heavy atom. The number of carbonyl (C=O) groups excluding carboxylic acids is 1. The predicted octanol–water partition coefficient (Wildman–Crippen LogP) is 5.76. The Kier molecular flexibility index (Phi) is 6.56. The van der Waals surface area contributed by atoms with Crippen molar-refractivity contribution in [2.24, 2.45) is 5.92 Å². The van der Waals surface area contributed by atoms with Crippen LogP contribution in [0.3, 0.4) is 0 Å². The van der Waals surface area contributed by atoms with Crippen LogP contribution < -0.4 is 16.0 Å². The van der Waals surface area contributed by atoms with Crippen LogP contribution in [0.4, 0.5) is 10.5 Å². The third-order valence-corrected chi connectivity index (χ3v) is 7.35. The Hall–Kier alpha value is -2.33. The molecule has 0 aromatic heterocycles. The van der Waals surface area contributed by atoms with E-state index in [2.05, 4.69) is 74.8 Å². The van der Waals surface area contributed by atoms with E-state index < -0.39 is 0 Å². The number of anilines is 1. The van der Waals surface area contributed by atoms with E-state index in [4.69, 9.17) is 0 Å². The van der Waals surface area contributed by atoms with Crippen LogP contribution in [-0.4, -0.2) is 22.6 Å². The molecule has 3 rings (SSSR count). The molecule has 162 valence electrons. The molecule has 3 N–H and O–H groups in total. The van der Waals surface area contributed by atoms with Crippen molar-refractivity contribution in [3.8, 4) is 0 Å². The van der Waals surface area contributed by atoms with Crippen molar-refractivity contribution in [1.29, 1.82) is 0 Å². The Morgan fingerprint density at radius 2 is 1.60 bits per heavy atom. The van der Waals surface area contributed by atoms with Crippen LogP contribution in [-0.2, 0) is 6.42 Å². The molecule has 0 saturated carbocycles. The van der Waals surface area contributed by atoms with E-state index in [0.717, 1.165) is 31.4 Å². The van der Waals surface area contributed by atoms with E-state index in [1.165, 1.54) is 5.56 Å². The molecule has 1 fully saturated rings. The van der Waals surface area contributed by atoms with Gasteiger partial charge in [-0.05, 0) is 63.1 Å². The quantitative estimate of drug-likeness (QED) is 0.570. The molecule has 0 aliphatic carbocycles. The van der Waals surface area contributed by atoms with Gasteiger partial charge in [0.05, 0.1) is 5.54 Å². The number of para-hydroxylation sites is 1. The first-order valence-electron chi connectivity index (χ1n) is 11.2. The van der Waals surface area contributed by atoms with E-state index in [9.17, 15) is 4.79 Å². The summed E-state index contributed by atoms with van der Waals surface area (Å²) in [5, 5.41) is 10.5. The summed E-state index contributed by atoms with van der Waals surface area (Å²) in [5.41, 5.74) is 1.58. The molecule has 1 aliphatic rings. The third-order valence-electron chi connectivity index (χ3n) is 7.35. The molecule has 0 radical (unpaired) electrons. The second-order valence-corrected chi connectivity index (χ2v) is 9.47. The number of amides is 2. The molecule has 4 atom stereocenters. The minimum Gasteiger partial charge on any atom is -0.332 e. The van der Waals surface area contributed by atoms with E-state index >= 15 is 0 Å². The number of hydrogen-bond acceptors (Lipinski definition) is 2. The fraction of sp³-hybridized carbons (Fsp3) is 0.500. The largest absolute Gasteiger partial charge is 0.332 e. The molecule has 4 unspecified atom stereocenters. The molecular weight excluding hydrogens is 370 g/mol. The molecule has 4 nitrogen and oxygen atoms in total. The maximum Gasteiger partial charge on any atom is 0.319 e. The van der Waals surface area contributed by atoms with Gasteiger partial charge >= 0.3 is 6.03 Å². The average Bonchev–Trinajstić information content (AvgIpc) is 2.73. The molecule has 1 heterocycles. The summed E-state index contributed by atoms with van der Waals surface area (Å²) < 4.78 is 0. The van der Waals surface area contributed by atoms with Crippen molar-refractivity contribution >= 4 is 11.7 Å². The van der Waals surface area contributed by atoms with Crippen molar-refractivity contribution in [2.45, 2.75) is 76.9 Å². The Labute approximate surface area is 181 Å². The van der Waals surface area contributed by atoms with Crippen LogP contribution in [0.15, 0.2) is 60.7 Å². The molecule has 0 bridgehead atoms. The Bertz CT molecular complexity index is 840. The van der Waals surface area contributed by atoms with Crippen molar-refractivity contribution < 1.29 is 4.79 Å². The topological polar surface area (TPSA) is 53.2 Å². The van der Waals surface area contributed by atoms with Crippen LogP contribution >= 0.6 is 0 Å². The summed E-state index contributed by atoms with van der Waals surface area (Å²) in [7, 11) is 0. The van der Waals surface area contributed by atoms with Crippen molar-refractivity contribution in [2.75, 3.05) is 5.32 Å². The highest BCUT2D eigenvalue weighted by Gasteiger charge is 2.55. The number of piperidine rings is 1. The van der Waals surface area contributed by atoms with Crippen LogP contribution in [0.25, 0.3) is 0 Å². The van der Waals surface area contributed by atoms with Gasteiger partial charge in [0.2, 0.25) is 0 Å². The summed E-state index contributed by atoms with van der Waals surface area (Å²) in [5.74, 6) is 0.247. The molecule has 0 spiro atoms. The fourth-order valence-corrected chi connectivity index (χ4v) is 5.19. The van der Waals surface area contributed by atoms with E-state index in [1.54, 1.807) is 0 Å². The number of benzene rings is 2. The lowest BCUT2D eigenvalue weighted by Crippen LogP contribution is -2.75. The van der Waals surface area contributed by atoms with Gasteiger partial charge in [-0.1, -0.05) is 69.3 Å². The van der Waals surface area contributed by atoms with Gasteiger partial charge in [0.15, 0.2) is 0 Å². The smallest absolute Gasteiger partial charge is 0.319 e. The molecule has 30 heavy (non-hydrogen) atoms. The molecule has 1 aliphatic heterocycles. The van der Waals surface area contributed by atoms with Gasteiger partial charge in [0.1, 0.15) is 0 Å². The zero-order chi connectivity index (χ0) is 21.8. The normalized spacial score (nSPS) is 31.2. The highest BCUT2D eigenvalue weighted by atomic mass is 16.2. The fourth-order valence-electron chi connectivity index (χ4n) is 5.19. The van der Waals surface area contributed by atoms with Gasteiger partial charge in [-0.3, -0.25) is 0 Å². The summed E-state index contributed by atoms with van der Waals surface area (Å²) >= 11 is 0. The van der Waals surface area contributed by atoms with Crippen LogP contribution in [0.5, 0.6) is 0 Å². The lowest BCUT2D eigenvalue weighted by atomic mass is 9.60. The van der Waals surface area contributed by atoms with Gasteiger partial charge in [0.25, 0.3) is 0 Å². The van der Waals surface area contributed by atoms with Crippen molar-refractivity contribution in [3.63, 3.8) is 0 Å². The van der Waals surface area contributed by atoms with E-state index in [-0.39, 0.29) is 28.6 Å². The van der Waals surface area contributed by atoms with Gasteiger partial charge < -0.3 is 16.0 Å². The predicted molar refractivity (Wildman–Crippen MR) is 126 cm³/mol. The monoisotopic (exact) mass is 407 g/mol. The number of hydrogen-bond donors (Lipinski definition) is 3. The summed E-state index contributed by atoms with van der Waals surface area (Å²) in [6.45, 7) is 11.4. The third kappa shape index (κ3) is 4.70. The number of carbonyl (C=O) groups is 1. The summed E-state index contributed by atoms with van der Waals surface area (Å²) in [6, 6.07) is 20.1. The average molecular weight is 408 g/mol. The van der Waals surface area contributed by atoms with Gasteiger partial charge in [0, 0.05) is 16.8 Å². The minimum absolute atomic E-state index is 0.0495. The number of urea groups is 1. The molecule has 1 saturated heterocycles. The highest BCUT2D eigenvalue weighted by molar-refractivity contribution is 5.89. The first-order valence-corrected chi connectivity index (χ1v) is 11.2. The SMILES string of the molecule is CCC1(C)CC(Cc2ccccc2)(NC(=O)Nc2ccccc2)C(C)C(C)(CC)N1. The second-order valence-electron chi connectivity index (χ2n) is 9.47.